The maximum Gasteiger partial charge on any atom is 0.269 e. The Labute approximate surface area is 155 Å². The van der Waals surface area contributed by atoms with Gasteiger partial charge in [-0.1, -0.05) is 11.6 Å². The van der Waals surface area contributed by atoms with Gasteiger partial charge in [-0.05, 0) is 42.5 Å². The fourth-order valence-corrected chi connectivity index (χ4v) is 2.32. The second-order valence-electron chi connectivity index (χ2n) is 5.53. The van der Waals surface area contributed by atoms with Crippen molar-refractivity contribution in [1.29, 1.82) is 0 Å². The van der Waals surface area contributed by atoms with Gasteiger partial charge in [-0.25, -0.2) is 0 Å². The molecule has 26 heavy (non-hydrogen) atoms. The van der Waals surface area contributed by atoms with Gasteiger partial charge < -0.3 is 15.2 Å². The van der Waals surface area contributed by atoms with Crippen LogP contribution in [0.3, 0.4) is 0 Å². The normalized spacial score (nSPS) is 11.8. The van der Waals surface area contributed by atoms with Crippen molar-refractivity contribution in [2.24, 2.45) is 0 Å². The van der Waals surface area contributed by atoms with Gasteiger partial charge in [0.15, 0.2) is 0 Å². The first-order valence-electron chi connectivity index (χ1n) is 7.92. The van der Waals surface area contributed by atoms with E-state index >= 15 is 0 Å². The third kappa shape index (κ3) is 4.81. The van der Waals surface area contributed by atoms with Gasteiger partial charge in [0.2, 0.25) is 0 Å². The molecule has 3 N–H and O–H groups in total. The van der Waals surface area contributed by atoms with Gasteiger partial charge in [0.1, 0.15) is 24.2 Å². The predicted molar refractivity (Wildman–Crippen MR) is 97.1 cm³/mol. The first kappa shape index (κ1) is 17.9. The second kappa shape index (κ2) is 8.46. The van der Waals surface area contributed by atoms with E-state index in [1.54, 1.807) is 54.9 Å². The molecular weight excluding hydrogens is 356 g/mol. The molecule has 0 spiro atoms. The summed E-state index contributed by atoms with van der Waals surface area (Å²) in [5.74, 6) is 0.235. The van der Waals surface area contributed by atoms with Crippen LogP contribution in [0, 0.1) is 0 Å². The molecule has 0 fully saturated rings. The maximum absolute atomic E-state index is 12.1. The van der Waals surface area contributed by atoms with Crippen molar-refractivity contribution in [1.82, 2.24) is 20.5 Å². The van der Waals surface area contributed by atoms with Crippen LogP contribution in [0.15, 0.2) is 54.9 Å². The number of hydrogen-bond acceptors (Lipinski definition) is 5. The van der Waals surface area contributed by atoms with Crippen molar-refractivity contribution in [2.45, 2.75) is 6.10 Å². The van der Waals surface area contributed by atoms with Crippen LogP contribution in [0.5, 0.6) is 5.75 Å². The summed E-state index contributed by atoms with van der Waals surface area (Å²) in [5.41, 5.74) is 1.80. The molecule has 0 saturated heterocycles. The highest BCUT2D eigenvalue weighted by Crippen LogP contribution is 2.16. The number of H-pyrrole nitrogens is 1. The summed E-state index contributed by atoms with van der Waals surface area (Å²) in [6.07, 6.45) is 2.46. The van der Waals surface area contributed by atoms with E-state index in [1.165, 1.54) is 0 Å². The molecule has 0 aliphatic heterocycles. The van der Waals surface area contributed by atoms with Gasteiger partial charge in [0, 0.05) is 29.5 Å². The number of nitrogens with zero attached hydrogens (tertiary/aromatic N) is 2. The highest BCUT2D eigenvalue weighted by molar-refractivity contribution is 6.30. The highest BCUT2D eigenvalue weighted by Gasteiger charge is 2.13. The zero-order chi connectivity index (χ0) is 18.4. The SMILES string of the molecule is O=C(NC[C@@H](O)COc1ccc(Cl)cc1)c1cc(-c2ccncc2)n[nH]1. The molecule has 2 aromatic heterocycles. The minimum atomic E-state index is -0.850. The fraction of sp³-hybridized carbons (Fsp3) is 0.167. The van der Waals surface area contributed by atoms with Crippen molar-refractivity contribution >= 4 is 17.5 Å². The number of nitrogens with one attached hydrogen (secondary N) is 2. The van der Waals surface area contributed by atoms with Gasteiger partial charge >= 0.3 is 0 Å². The molecule has 0 radical (unpaired) electrons. The molecule has 0 saturated carbocycles. The zero-order valence-corrected chi connectivity index (χ0v) is 14.5. The van der Waals surface area contributed by atoms with Crippen LogP contribution in [-0.4, -0.2) is 45.5 Å². The number of rotatable bonds is 7. The monoisotopic (exact) mass is 372 g/mol. The quantitative estimate of drug-likeness (QED) is 0.591. The van der Waals surface area contributed by atoms with Gasteiger partial charge in [-0.3, -0.25) is 14.9 Å². The van der Waals surface area contributed by atoms with Gasteiger partial charge in [-0.2, -0.15) is 5.10 Å². The molecule has 0 aliphatic carbocycles. The lowest BCUT2D eigenvalue weighted by atomic mass is 10.2. The molecule has 2 heterocycles. The number of ether oxygens (including phenoxy) is 1. The number of aromatic nitrogens is 3. The number of aromatic amines is 1. The van der Waals surface area contributed by atoms with E-state index in [-0.39, 0.29) is 19.1 Å². The van der Waals surface area contributed by atoms with Crippen molar-refractivity contribution in [3.05, 3.63) is 65.6 Å². The Hall–Kier alpha value is -2.90. The summed E-state index contributed by atoms with van der Waals surface area (Å²) in [6.45, 7) is 0.100. The number of hydrogen-bond donors (Lipinski definition) is 3. The van der Waals surface area contributed by atoms with Crippen LogP contribution < -0.4 is 10.1 Å². The standard InChI is InChI=1S/C18H17ClN4O3/c19-13-1-3-15(4-2-13)26-11-14(24)10-21-18(25)17-9-16(22-23-17)12-5-7-20-8-6-12/h1-9,14,24H,10-11H2,(H,21,25)(H,22,23)/t14-/m1/s1. The third-order valence-corrected chi connectivity index (χ3v) is 3.80. The summed E-state index contributed by atoms with van der Waals surface area (Å²) >= 11 is 5.79. The van der Waals surface area contributed by atoms with Crippen LogP contribution in [0.2, 0.25) is 5.02 Å². The number of pyridine rings is 1. The molecule has 1 aromatic carbocycles. The molecule has 0 unspecified atom stereocenters. The number of carbonyl (C=O) groups is 1. The van der Waals surface area contributed by atoms with E-state index < -0.39 is 6.10 Å². The van der Waals surface area contributed by atoms with E-state index in [4.69, 9.17) is 16.3 Å². The summed E-state index contributed by atoms with van der Waals surface area (Å²) < 4.78 is 5.44. The average molecular weight is 373 g/mol. The van der Waals surface area contributed by atoms with Gasteiger partial charge in [0.25, 0.3) is 5.91 Å². The molecule has 0 bridgehead atoms. The third-order valence-electron chi connectivity index (χ3n) is 3.55. The van der Waals surface area contributed by atoms with Crippen LogP contribution in [0.25, 0.3) is 11.3 Å². The van der Waals surface area contributed by atoms with Crippen molar-refractivity contribution in [3.8, 4) is 17.0 Å². The number of halogens is 1. The van der Waals surface area contributed by atoms with Gasteiger partial charge in [-0.15, -0.1) is 0 Å². The molecule has 3 aromatic rings. The maximum atomic E-state index is 12.1. The van der Waals surface area contributed by atoms with Gasteiger partial charge in [0.05, 0.1) is 5.69 Å². The fourth-order valence-electron chi connectivity index (χ4n) is 2.20. The Morgan fingerprint density at radius 3 is 2.69 bits per heavy atom. The molecule has 0 aliphatic rings. The lowest BCUT2D eigenvalue weighted by Crippen LogP contribution is -2.35. The molecule has 134 valence electrons. The minimum absolute atomic E-state index is 0.0488. The van der Waals surface area contributed by atoms with Crippen molar-refractivity contribution in [3.63, 3.8) is 0 Å². The van der Waals surface area contributed by atoms with Crippen LogP contribution >= 0.6 is 11.6 Å². The number of carbonyl (C=O) groups excluding carboxylic acids is 1. The largest absolute Gasteiger partial charge is 0.491 e. The average Bonchev–Trinajstić information content (AvgIpc) is 3.17. The lowest BCUT2D eigenvalue weighted by molar-refractivity contribution is 0.0840. The summed E-state index contributed by atoms with van der Waals surface area (Å²) in [5, 5.41) is 20.0. The van der Waals surface area contributed by atoms with E-state index in [1.807, 2.05) is 0 Å². The second-order valence-corrected chi connectivity index (χ2v) is 5.97. The first-order valence-corrected chi connectivity index (χ1v) is 8.30. The Bertz CT molecular complexity index is 852. The Morgan fingerprint density at radius 2 is 1.96 bits per heavy atom. The van der Waals surface area contributed by atoms with Crippen molar-refractivity contribution < 1.29 is 14.6 Å². The molecule has 7 nitrogen and oxygen atoms in total. The summed E-state index contributed by atoms with van der Waals surface area (Å²) in [7, 11) is 0. The van der Waals surface area contributed by atoms with Crippen molar-refractivity contribution in [2.75, 3.05) is 13.2 Å². The van der Waals surface area contributed by atoms with Crippen LogP contribution in [0.1, 0.15) is 10.5 Å². The highest BCUT2D eigenvalue weighted by atomic mass is 35.5. The number of aliphatic hydroxyl groups is 1. The molecule has 1 atom stereocenters. The van der Waals surface area contributed by atoms with E-state index in [0.29, 0.717) is 22.2 Å². The number of amides is 1. The minimum Gasteiger partial charge on any atom is -0.491 e. The Morgan fingerprint density at radius 1 is 1.23 bits per heavy atom. The van der Waals surface area contributed by atoms with Crippen LogP contribution in [0.4, 0.5) is 0 Å². The summed E-state index contributed by atoms with van der Waals surface area (Å²) in [4.78, 5) is 16.1. The smallest absolute Gasteiger partial charge is 0.269 e. The summed E-state index contributed by atoms with van der Waals surface area (Å²) in [6, 6.07) is 12.1. The first-order chi connectivity index (χ1) is 12.6. The molecular formula is C18H17ClN4O3. The van der Waals surface area contributed by atoms with E-state index in [9.17, 15) is 9.90 Å². The zero-order valence-electron chi connectivity index (χ0n) is 13.7. The van der Waals surface area contributed by atoms with E-state index in [2.05, 4.69) is 20.5 Å². The Balaban J connectivity index is 1.47. The van der Waals surface area contributed by atoms with E-state index in [0.717, 1.165) is 5.56 Å². The van der Waals surface area contributed by atoms with Crippen LogP contribution in [-0.2, 0) is 0 Å². The predicted octanol–water partition coefficient (Wildman–Crippen LogP) is 2.29. The Kier molecular flexibility index (Phi) is 5.83. The number of benzene rings is 1. The number of aliphatic hydroxyl groups excluding tert-OH is 1. The molecule has 1 amide bonds. The lowest BCUT2D eigenvalue weighted by Gasteiger charge is -2.13. The molecule has 3 rings (SSSR count). The topological polar surface area (TPSA) is 100 Å². The molecule has 8 heteroatoms.